The van der Waals surface area contributed by atoms with E-state index in [9.17, 15) is 5.11 Å². The Labute approximate surface area is 88.2 Å². The van der Waals surface area contributed by atoms with Gasteiger partial charge in [0.15, 0.2) is 11.5 Å². The fourth-order valence-electron chi connectivity index (χ4n) is 1.38. The van der Waals surface area contributed by atoms with Gasteiger partial charge in [0.2, 0.25) is 0 Å². The number of hydrogen-bond acceptors (Lipinski definition) is 3. The minimum absolute atomic E-state index is 0.134. The zero-order valence-electron chi connectivity index (χ0n) is 8.43. The summed E-state index contributed by atoms with van der Waals surface area (Å²) in [6, 6.07) is 1.46. The Morgan fingerprint density at radius 3 is 2.29 bits per heavy atom. The molecule has 0 unspecified atom stereocenters. The van der Waals surface area contributed by atoms with Crippen LogP contribution in [0.5, 0.6) is 17.2 Å². The molecule has 14 heavy (non-hydrogen) atoms. The Kier molecular flexibility index (Phi) is 3.47. The van der Waals surface area contributed by atoms with E-state index in [1.807, 2.05) is 6.92 Å². The highest BCUT2D eigenvalue weighted by Gasteiger charge is 2.16. The summed E-state index contributed by atoms with van der Waals surface area (Å²) in [5.41, 5.74) is 0.703. The molecule has 0 spiro atoms. The zero-order valence-corrected chi connectivity index (χ0v) is 9.18. The quantitative estimate of drug-likeness (QED) is 0.844. The van der Waals surface area contributed by atoms with Crippen LogP contribution in [0, 0.1) is 0 Å². The summed E-state index contributed by atoms with van der Waals surface area (Å²) < 4.78 is 10.2. The summed E-state index contributed by atoms with van der Waals surface area (Å²) in [4.78, 5) is 0. The largest absolute Gasteiger partial charge is 0.507 e. The van der Waals surface area contributed by atoms with Gasteiger partial charge >= 0.3 is 0 Å². The molecule has 4 heteroatoms. The number of rotatable bonds is 3. The number of halogens is 1. The maximum atomic E-state index is 9.60. The summed E-state index contributed by atoms with van der Waals surface area (Å²) >= 11 is 5.88. The molecule has 78 valence electrons. The first-order valence-electron chi connectivity index (χ1n) is 4.28. The fourth-order valence-corrected chi connectivity index (χ4v) is 1.65. The predicted octanol–water partition coefficient (Wildman–Crippen LogP) is 2.63. The number of phenolic OH excluding ortho intramolecular Hbond substituents is 1. The molecule has 3 nitrogen and oxygen atoms in total. The van der Waals surface area contributed by atoms with Gasteiger partial charge in [0.25, 0.3) is 0 Å². The van der Waals surface area contributed by atoms with E-state index in [4.69, 9.17) is 21.1 Å². The lowest BCUT2D eigenvalue weighted by atomic mass is 10.1. The maximum absolute atomic E-state index is 9.60. The summed E-state index contributed by atoms with van der Waals surface area (Å²) in [5, 5.41) is 9.95. The van der Waals surface area contributed by atoms with E-state index in [-0.39, 0.29) is 5.75 Å². The van der Waals surface area contributed by atoms with Gasteiger partial charge in [0, 0.05) is 11.6 Å². The Morgan fingerprint density at radius 2 is 1.86 bits per heavy atom. The van der Waals surface area contributed by atoms with Crippen molar-refractivity contribution < 1.29 is 14.6 Å². The lowest BCUT2D eigenvalue weighted by Gasteiger charge is -2.14. The number of hydrogen-bond donors (Lipinski definition) is 1. The van der Waals surface area contributed by atoms with Crippen molar-refractivity contribution in [3.05, 3.63) is 16.7 Å². The molecule has 0 saturated heterocycles. The molecule has 0 saturated carbocycles. The number of aromatic hydroxyl groups is 1. The lowest BCUT2D eigenvalue weighted by molar-refractivity contribution is 0.347. The van der Waals surface area contributed by atoms with Crippen LogP contribution in [0.4, 0.5) is 0 Å². The Bertz CT molecular complexity index is 308. The van der Waals surface area contributed by atoms with Crippen LogP contribution in [0.2, 0.25) is 5.02 Å². The number of ether oxygens (including phenoxy) is 2. The first kappa shape index (κ1) is 11.0. The van der Waals surface area contributed by atoms with Crippen LogP contribution in [0.25, 0.3) is 0 Å². The van der Waals surface area contributed by atoms with Gasteiger partial charge in [-0.25, -0.2) is 0 Å². The van der Waals surface area contributed by atoms with E-state index in [0.29, 0.717) is 28.5 Å². The smallest absolute Gasteiger partial charge is 0.179 e. The third kappa shape index (κ3) is 1.73. The molecule has 1 aromatic rings. The van der Waals surface area contributed by atoms with Crippen LogP contribution in [0.1, 0.15) is 12.5 Å². The minimum Gasteiger partial charge on any atom is -0.507 e. The van der Waals surface area contributed by atoms with Crippen molar-refractivity contribution in [3.8, 4) is 17.2 Å². The SMILES string of the molecule is CCc1c(O)cc(Cl)c(OC)c1OC. The molecule has 1 rings (SSSR count). The molecule has 0 amide bonds. The summed E-state index contributed by atoms with van der Waals surface area (Å²) in [7, 11) is 3.03. The molecule has 0 heterocycles. The van der Waals surface area contributed by atoms with Gasteiger partial charge in [-0.1, -0.05) is 18.5 Å². The standard InChI is InChI=1S/C10H13ClO3/c1-4-6-8(12)5-7(11)10(14-3)9(6)13-2/h5,12H,4H2,1-3H3. The second kappa shape index (κ2) is 4.42. The van der Waals surface area contributed by atoms with Crippen molar-refractivity contribution in [2.24, 2.45) is 0 Å². The van der Waals surface area contributed by atoms with Crippen LogP contribution in [0.3, 0.4) is 0 Å². The van der Waals surface area contributed by atoms with Gasteiger partial charge in [-0.05, 0) is 6.42 Å². The average Bonchev–Trinajstić information content (AvgIpc) is 2.16. The molecule has 0 aromatic heterocycles. The van der Waals surface area contributed by atoms with E-state index < -0.39 is 0 Å². The molecule has 0 atom stereocenters. The molecular formula is C10H13ClO3. The van der Waals surface area contributed by atoms with Crippen molar-refractivity contribution in [2.75, 3.05) is 14.2 Å². The van der Waals surface area contributed by atoms with E-state index in [1.54, 1.807) is 0 Å². The molecule has 1 N–H and O–H groups in total. The van der Waals surface area contributed by atoms with E-state index >= 15 is 0 Å². The third-order valence-corrected chi connectivity index (χ3v) is 2.31. The van der Waals surface area contributed by atoms with Gasteiger partial charge in [0.1, 0.15) is 5.75 Å². The van der Waals surface area contributed by atoms with Crippen LogP contribution < -0.4 is 9.47 Å². The van der Waals surface area contributed by atoms with Crippen molar-refractivity contribution >= 4 is 11.6 Å². The van der Waals surface area contributed by atoms with Gasteiger partial charge in [-0.15, -0.1) is 0 Å². The monoisotopic (exact) mass is 216 g/mol. The molecular weight excluding hydrogens is 204 g/mol. The van der Waals surface area contributed by atoms with Crippen molar-refractivity contribution in [1.29, 1.82) is 0 Å². The predicted molar refractivity (Wildman–Crippen MR) is 55.6 cm³/mol. The molecule has 0 aliphatic heterocycles. The number of methoxy groups -OCH3 is 2. The maximum Gasteiger partial charge on any atom is 0.179 e. The highest BCUT2D eigenvalue weighted by atomic mass is 35.5. The van der Waals surface area contributed by atoms with E-state index in [0.717, 1.165) is 0 Å². The summed E-state index contributed by atoms with van der Waals surface area (Å²) in [6.45, 7) is 1.92. The van der Waals surface area contributed by atoms with Gasteiger partial charge in [-0.3, -0.25) is 0 Å². The van der Waals surface area contributed by atoms with Gasteiger partial charge in [0.05, 0.1) is 19.2 Å². The first-order valence-corrected chi connectivity index (χ1v) is 4.65. The minimum atomic E-state index is 0.134. The van der Waals surface area contributed by atoms with Crippen LogP contribution >= 0.6 is 11.6 Å². The molecule has 0 bridgehead atoms. The van der Waals surface area contributed by atoms with Crippen LogP contribution in [0.15, 0.2) is 6.07 Å². The second-order valence-corrected chi connectivity index (χ2v) is 3.18. The van der Waals surface area contributed by atoms with Crippen molar-refractivity contribution in [2.45, 2.75) is 13.3 Å². The normalized spacial score (nSPS) is 10.0. The highest BCUT2D eigenvalue weighted by molar-refractivity contribution is 6.32. The van der Waals surface area contributed by atoms with Crippen molar-refractivity contribution in [1.82, 2.24) is 0 Å². The number of benzene rings is 1. The Morgan fingerprint density at radius 1 is 1.29 bits per heavy atom. The molecule has 0 aliphatic carbocycles. The Hall–Kier alpha value is -1.09. The first-order chi connectivity index (χ1) is 6.65. The number of phenols is 1. The third-order valence-electron chi connectivity index (χ3n) is 2.03. The highest BCUT2D eigenvalue weighted by Crippen LogP contribution is 2.42. The summed E-state index contributed by atoms with van der Waals surface area (Å²) in [6.07, 6.45) is 0.655. The lowest BCUT2D eigenvalue weighted by Crippen LogP contribution is -1.96. The van der Waals surface area contributed by atoms with Crippen LogP contribution in [-0.4, -0.2) is 19.3 Å². The zero-order chi connectivity index (χ0) is 10.7. The van der Waals surface area contributed by atoms with Crippen molar-refractivity contribution in [3.63, 3.8) is 0 Å². The topological polar surface area (TPSA) is 38.7 Å². The molecule has 0 radical (unpaired) electrons. The second-order valence-electron chi connectivity index (χ2n) is 2.78. The van der Waals surface area contributed by atoms with Gasteiger partial charge in [-0.2, -0.15) is 0 Å². The van der Waals surface area contributed by atoms with Crippen LogP contribution in [-0.2, 0) is 6.42 Å². The molecule has 1 aromatic carbocycles. The molecule has 0 fully saturated rings. The average molecular weight is 217 g/mol. The van der Waals surface area contributed by atoms with E-state index in [2.05, 4.69) is 0 Å². The van der Waals surface area contributed by atoms with E-state index in [1.165, 1.54) is 20.3 Å². The van der Waals surface area contributed by atoms with Gasteiger partial charge < -0.3 is 14.6 Å². The Balaban J connectivity index is 3.43. The molecule has 0 aliphatic rings. The summed E-state index contributed by atoms with van der Waals surface area (Å²) in [5.74, 6) is 1.10. The fraction of sp³-hybridized carbons (Fsp3) is 0.400.